The van der Waals surface area contributed by atoms with Crippen LogP contribution < -0.4 is 10.6 Å². The number of hydrogen-bond acceptors (Lipinski definition) is 4. The van der Waals surface area contributed by atoms with Gasteiger partial charge in [-0.2, -0.15) is 0 Å². The molecule has 1 aliphatic rings. The summed E-state index contributed by atoms with van der Waals surface area (Å²) < 4.78 is 1.89. The molecule has 0 radical (unpaired) electrons. The van der Waals surface area contributed by atoms with E-state index >= 15 is 0 Å². The quantitative estimate of drug-likeness (QED) is 0.730. The molecule has 0 unspecified atom stereocenters. The molecule has 19 heavy (non-hydrogen) atoms. The Morgan fingerprint density at radius 1 is 1.42 bits per heavy atom. The summed E-state index contributed by atoms with van der Waals surface area (Å²) >= 11 is 0. The van der Waals surface area contributed by atoms with Gasteiger partial charge in [0, 0.05) is 26.1 Å². The fraction of sp³-hybridized carbons (Fsp3) is 0.769. The highest BCUT2D eigenvalue weighted by Gasteiger charge is 2.15. The number of carbonyl (C=O) groups is 1. The van der Waals surface area contributed by atoms with Crippen molar-refractivity contribution < 1.29 is 4.79 Å². The Labute approximate surface area is 114 Å². The van der Waals surface area contributed by atoms with E-state index in [1.165, 1.54) is 19.3 Å². The molecule has 1 saturated carbocycles. The molecule has 0 aliphatic heterocycles. The van der Waals surface area contributed by atoms with Crippen LogP contribution >= 0.6 is 0 Å². The van der Waals surface area contributed by atoms with Crippen molar-refractivity contribution in [3.8, 4) is 0 Å². The van der Waals surface area contributed by atoms with Gasteiger partial charge in [-0.3, -0.25) is 4.79 Å². The van der Waals surface area contributed by atoms with Crippen LogP contribution in [0.4, 0.5) is 0 Å². The molecule has 0 aromatic carbocycles. The van der Waals surface area contributed by atoms with Crippen molar-refractivity contribution >= 4 is 5.91 Å². The van der Waals surface area contributed by atoms with Gasteiger partial charge < -0.3 is 15.2 Å². The summed E-state index contributed by atoms with van der Waals surface area (Å²) in [4.78, 5) is 11.7. The Hall–Kier alpha value is -1.43. The zero-order valence-electron chi connectivity index (χ0n) is 11.6. The number of carbonyl (C=O) groups excluding carboxylic acids is 1. The smallest absolute Gasteiger partial charge is 0.234 e. The lowest BCUT2D eigenvalue weighted by molar-refractivity contribution is -0.121. The summed E-state index contributed by atoms with van der Waals surface area (Å²) in [5.74, 6) is 1.03. The third-order valence-corrected chi connectivity index (χ3v) is 3.59. The first-order chi connectivity index (χ1) is 9.25. The van der Waals surface area contributed by atoms with Gasteiger partial charge in [0.05, 0.1) is 6.54 Å². The molecule has 2 N–H and O–H groups in total. The fourth-order valence-corrected chi connectivity index (χ4v) is 2.46. The number of amides is 1. The normalized spacial score (nSPS) is 16.5. The van der Waals surface area contributed by atoms with E-state index in [9.17, 15) is 4.79 Å². The average Bonchev–Trinajstić information content (AvgIpc) is 2.81. The molecule has 1 amide bonds. The largest absolute Gasteiger partial charge is 0.352 e. The molecule has 0 atom stereocenters. The second kappa shape index (κ2) is 7.23. The minimum atomic E-state index is 0.102. The fourth-order valence-electron chi connectivity index (χ4n) is 2.46. The van der Waals surface area contributed by atoms with E-state index < -0.39 is 0 Å². The summed E-state index contributed by atoms with van der Waals surface area (Å²) in [7, 11) is 1.92. The zero-order chi connectivity index (χ0) is 13.5. The van der Waals surface area contributed by atoms with Crippen molar-refractivity contribution in [2.75, 3.05) is 13.1 Å². The van der Waals surface area contributed by atoms with Gasteiger partial charge in [0.2, 0.25) is 5.91 Å². The molecule has 0 saturated heterocycles. The van der Waals surface area contributed by atoms with Crippen molar-refractivity contribution in [2.24, 2.45) is 7.05 Å². The lowest BCUT2D eigenvalue weighted by Crippen LogP contribution is -2.41. The molecule has 2 rings (SSSR count). The predicted molar refractivity (Wildman–Crippen MR) is 72.6 cm³/mol. The highest BCUT2D eigenvalue weighted by Crippen LogP contribution is 2.16. The second-order valence-electron chi connectivity index (χ2n) is 5.19. The molecule has 1 fully saturated rings. The Kier molecular flexibility index (Phi) is 5.32. The molecule has 0 bridgehead atoms. The second-order valence-corrected chi connectivity index (χ2v) is 5.19. The maximum absolute atomic E-state index is 11.7. The number of aryl methyl sites for hydroxylation is 1. The maximum atomic E-state index is 11.7. The van der Waals surface area contributed by atoms with Gasteiger partial charge in [-0.05, 0) is 12.8 Å². The molecule has 1 aromatic rings. The Morgan fingerprint density at radius 3 is 2.89 bits per heavy atom. The Balaban J connectivity index is 1.57. The highest BCUT2D eigenvalue weighted by atomic mass is 16.1. The number of aromatic nitrogens is 3. The van der Waals surface area contributed by atoms with E-state index in [2.05, 4.69) is 20.8 Å². The average molecular weight is 265 g/mol. The Morgan fingerprint density at radius 2 is 2.21 bits per heavy atom. The molecule has 6 nitrogen and oxygen atoms in total. The van der Waals surface area contributed by atoms with E-state index in [0.717, 1.165) is 31.6 Å². The van der Waals surface area contributed by atoms with E-state index in [1.54, 1.807) is 6.33 Å². The SMILES string of the molecule is Cn1cnnc1CCNCC(=O)NC1CCCCC1. The van der Waals surface area contributed by atoms with Crippen molar-refractivity contribution in [3.05, 3.63) is 12.2 Å². The van der Waals surface area contributed by atoms with Crippen LogP contribution in [0.5, 0.6) is 0 Å². The number of nitrogens with zero attached hydrogens (tertiary/aromatic N) is 3. The summed E-state index contributed by atoms with van der Waals surface area (Å²) in [6, 6.07) is 0.391. The lowest BCUT2D eigenvalue weighted by Gasteiger charge is -2.22. The van der Waals surface area contributed by atoms with Gasteiger partial charge in [0.1, 0.15) is 12.2 Å². The lowest BCUT2D eigenvalue weighted by atomic mass is 9.95. The molecule has 1 heterocycles. The van der Waals surface area contributed by atoms with Crippen molar-refractivity contribution in [2.45, 2.75) is 44.6 Å². The van der Waals surface area contributed by atoms with Gasteiger partial charge in [0.25, 0.3) is 0 Å². The number of rotatable bonds is 6. The monoisotopic (exact) mass is 265 g/mol. The molecule has 6 heteroatoms. The first kappa shape index (κ1) is 14.0. The van der Waals surface area contributed by atoms with Gasteiger partial charge >= 0.3 is 0 Å². The van der Waals surface area contributed by atoms with Crippen LogP contribution in [0.15, 0.2) is 6.33 Å². The van der Waals surface area contributed by atoms with Crippen LogP contribution in [-0.2, 0) is 18.3 Å². The maximum Gasteiger partial charge on any atom is 0.234 e. The summed E-state index contributed by atoms with van der Waals surface area (Å²) in [6.45, 7) is 1.12. The van der Waals surface area contributed by atoms with Crippen molar-refractivity contribution in [3.63, 3.8) is 0 Å². The third-order valence-electron chi connectivity index (χ3n) is 3.59. The van der Waals surface area contributed by atoms with Crippen LogP contribution in [-0.4, -0.2) is 39.8 Å². The molecule has 0 spiro atoms. The molecule has 1 aliphatic carbocycles. The van der Waals surface area contributed by atoms with E-state index in [-0.39, 0.29) is 5.91 Å². The first-order valence-electron chi connectivity index (χ1n) is 7.08. The van der Waals surface area contributed by atoms with Crippen molar-refractivity contribution in [1.29, 1.82) is 0 Å². The standard InChI is InChI=1S/C13H23N5O/c1-18-10-15-17-12(18)7-8-14-9-13(19)16-11-5-3-2-4-6-11/h10-11,14H,2-9H2,1H3,(H,16,19). The topological polar surface area (TPSA) is 71.8 Å². The third kappa shape index (κ3) is 4.63. The van der Waals surface area contributed by atoms with E-state index in [1.807, 2.05) is 11.6 Å². The van der Waals surface area contributed by atoms with Crippen LogP contribution in [0.1, 0.15) is 37.9 Å². The van der Waals surface area contributed by atoms with Crippen LogP contribution in [0.2, 0.25) is 0 Å². The van der Waals surface area contributed by atoms with Gasteiger partial charge in [0.15, 0.2) is 0 Å². The first-order valence-corrected chi connectivity index (χ1v) is 7.08. The number of hydrogen-bond donors (Lipinski definition) is 2. The van der Waals surface area contributed by atoms with E-state index in [4.69, 9.17) is 0 Å². The zero-order valence-corrected chi connectivity index (χ0v) is 11.6. The summed E-state index contributed by atoms with van der Waals surface area (Å²) in [5, 5.41) is 14.1. The van der Waals surface area contributed by atoms with E-state index in [0.29, 0.717) is 12.6 Å². The highest BCUT2D eigenvalue weighted by molar-refractivity contribution is 5.78. The summed E-state index contributed by atoms with van der Waals surface area (Å²) in [6.07, 6.45) is 8.52. The predicted octanol–water partition coefficient (Wildman–Crippen LogP) is 0.396. The molecular formula is C13H23N5O. The van der Waals surface area contributed by atoms with Gasteiger partial charge in [-0.1, -0.05) is 19.3 Å². The van der Waals surface area contributed by atoms with Gasteiger partial charge in [-0.25, -0.2) is 0 Å². The molecule has 106 valence electrons. The molecule has 1 aromatic heterocycles. The minimum absolute atomic E-state index is 0.102. The van der Waals surface area contributed by atoms with Crippen LogP contribution in [0, 0.1) is 0 Å². The Bertz CT molecular complexity index is 397. The van der Waals surface area contributed by atoms with Crippen LogP contribution in [0.25, 0.3) is 0 Å². The summed E-state index contributed by atoms with van der Waals surface area (Å²) in [5.41, 5.74) is 0. The molecular weight excluding hydrogens is 242 g/mol. The number of nitrogens with one attached hydrogen (secondary N) is 2. The minimum Gasteiger partial charge on any atom is -0.352 e. The van der Waals surface area contributed by atoms with Crippen molar-refractivity contribution in [1.82, 2.24) is 25.4 Å². The van der Waals surface area contributed by atoms with Gasteiger partial charge in [-0.15, -0.1) is 10.2 Å². The van der Waals surface area contributed by atoms with Crippen LogP contribution in [0.3, 0.4) is 0 Å².